The number of hydrogen-bond donors (Lipinski definition) is 2. The van der Waals surface area contributed by atoms with Crippen molar-refractivity contribution in [2.24, 2.45) is 0 Å². The Morgan fingerprint density at radius 3 is 2.35 bits per heavy atom. The molecule has 112 valence electrons. The van der Waals surface area contributed by atoms with Crippen LogP contribution in [0.2, 0.25) is 0 Å². The zero-order valence-corrected chi connectivity index (χ0v) is 11.3. The minimum absolute atomic E-state index is 0.171. The molecular weight excluding hydrogens is 297 g/mol. The van der Waals surface area contributed by atoms with Crippen LogP contribution in [0.5, 0.6) is 5.75 Å². The number of alkyl halides is 3. The van der Waals surface area contributed by atoms with E-state index in [4.69, 9.17) is 10.5 Å². The highest BCUT2D eigenvalue weighted by molar-refractivity contribution is 7.89. The number of nitrogens with two attached hydrogens (primary N) is 1. The second kappa shape index (κ2) is 4.52. The summed E-state index contributed by atoms with van der Waals surface area (Å²) in [6, 6.07) is 3.67. The Morgan fingerprint density at radius 1 is 1.35 bits per heavy atom. The van der Waals surface area contributed by atoms with E-state index in [1.165, 1.54) is 19.2 Å². The Balaban J connectivity index is 2.33. The number of nitrogen functional groups attached to an aromatic ring is 1. The SMILES string of the molecule is COc1ccc(S(=O)(=O)NC2(C(F)(F)F)CC2)c(N)c1. The van der Waals surface area contributed by atoms with Gasteiger partial charge in [0.05, 0.1) is 12.8 Å². The van der Waals surface area contributed by atoms with E-state index in [1.54, 1.807) is 4.72 Å². The minimum Gasteiger partial charge on any atom is -0.497 e. The monoisotopic (exact) mass is 310 g/mol. The van der Waals surface area contributed by atoms with E-state index in [-0.39, 0.29) is 18.5 Å². The largest absolute Gasteiger partial charge is 0.497 e. The summed E-state index contributed by atoms with van der Waals surface area (Å²) in [5.74, 6) is 0.318. The number of hydrogen-bond acceptors (Lipinski definition) is 4. The highest BCUT2D eigenvalue weighted by atomic mass is 32.2. The molecule has 0 spiro atoms. The lowest BCUT2D eigenvalue weighted by Gasteiger charge is -2.21. The van der Waals surface area contributed by atoms with Crippen LogP contribution < -0.4 is 15.2 Å². The third kappa shape index (κ3) is 2.55. The van der Waals surface area contributed by atoms with E-state index in [0.717, 1.165) is 6.07 Å². The molecule has 1 aliphatic carbocycles. The minimum atomic E-state index is -4.62. The third-order valence-corrected chi connectivity index (χ3v) is 4.74. The first-order valence-corrected chi connectivity index (χ1v) is 7.14. The molecule has 0 amide bonds. The molecule has 0 atom stereocenters. The van der Waals surface area contributed by atoms with E-state index < -0.39 is 26.6 Å². The average Bonchev–Trinajstić information content (AvgIpc) is 3.08. The summed E-state index contributed by atoms with van der Waals surface area (Å²) >= 11 is 0. The van der Waals surface area contributed by atoms with Gasteiger partial charge in [-0.25, -0.2) is 8.42 Å². The fourth-order valence-electron chi connectivity index (χ4n) is 1.78. The highest BCUT2D eigenvalue weighted by Gasteiger charge is 2.65. The van der Waals surface area contributed by atoms with E-state index in [2.05, 4.69) is 0 Å². The molecular formula is C11H13F3N2O3S. The van der Waals surface area contributed by atoms with E-state index in [9.17, 15) is 21.6 Å². The standard InChI is InChI=1S/C11H13F3N2O3S/c1-19-7-2-3-9(8(15)6-7)20(17,18)16-10(4-5-10)11(12,13)14/h2-3,6,16H,4-5,15H2,1H3. The number of benzene rings is 1. The Kier molecular flexibility index (Phi) is 3.37. The molecule has 3 N–H and O–H groups in total. The van der Waals surface area contributed by atoms with Crippen LogP contribution in [0.25, 0.3) is 0 Å². The summed E-state index contributed by atoms with van der Waals surface area (Å²) in [6.45, 7) is 0. The molecule has 0 saturated heterocycles. The quantitative estimate of drug-likeness (QED) is 0.829. The smallest absolute Gasteiger partial charge is 0.407 e. The van der Waals surface area contributed by atoms with Crippen LogP contribution in [0, 0.1) is 0 Å². The number of halogens is 3. The van der Waals surface area contributed by atoms with Crippen LogP contribution >= 0.6 is 0 Å². The van der Waals surface area contributed by atoms with Gasteiger partial charge in [-0.1, -0.05) is 0 Å². The third-order valence-electron chi connectivity index (χ3n) is 3.13. The van der Waals surface area contributed by atoms with Crippen molar-refractivity contribution in [3.05, 3.63) is 18.2 Å². The van der Waals surface area contributed by atoms with Crippen molar-refractivity contribution in [2.75, 3.05) is 12.8 Å². The number of anilines is 1. The van der Waals surface area contributed by atoms with Gasteiger partial charge >= 0.3 is 6.18 Å². The van der Waals surface area contributed by atoms with Gasteiger partial charge in [-0.3, -0.25) is 0 Å². The predicted octanol–water partition coefficient (Wildman–Crippen LogP) is 1.65. The van der Waals surface area contributed by atoms with Gasteiger partial charge in [-0.05, 0) is 25.0 Å². The van der Waals surface area contributed by atoms with Gasteiger partial charge in [0.25, 0.3) is 0 Å². The first-order valence-electron chi connectivity index (χ1n) is 5.65. The van der Waals surface area contributed by atoms with Gasteiger partial charge in [0.2, 0.25) is 10.0 Å². The molecule has 5 nitrogen and oxygen atoms in total. The maximum absolute atomic E-state index is 12.8. The summed E-state index contributed by atoms with van der Waals surface area (Å²) in [5, 5.41) is 0. The topological polar surface area (TPSA) is 81.4 Å². The highest BCUT2D eigenvalue weighted by Crippen LogP contribution is 2.49. The van der Waals surface area contributed by atoms with Crippen LogP contribution in [0.15, 0.2) is 23.1 Å². The molecule has 1 fully saturated rings. The Morgan fingerprint density at radius 2 is 1.95 bits per heavy atom. The van der Waals surface area contributed by atoms with E-state index >= 15 is 0 Å². The lowest BCUT2D eigenvalue weighted by Crippen LogP contribution is -2.47. The molecule has 9 heteroatoms. The van der Waals surface area contributed by atoms with Crippen molar-refractivity contribution in [1.82, 2.24) is 4.72 Å². The molecule has 2 rings (SSSR count). The van der Waals surface area contributed by atoms with E-state index in [0.29, 0.717) is 5.75 Å². The molecule has 0 aromatic heterocycles. The summed E-state index contributed by atoms with van der Waals surface area (Å²) in [7, 11) is -2.98. The number of ether oxygens (including phenoxy) is 1. The van der Waals surface area contributed by atoms with Crippen LogP contribution in [-0.4, -0.2) is 27.2 Å². The second-order valence-electron chi connectivity index (χ2n) is 4.59. The Labute approximate surface area is 114 Å². The maximum atomic E-state index is 12.8. The van der Waals surface area contributed by atoms with Crippen molar-refractivity contribution in [1.29, 1.82) is 0 Å². The molecule has 0 heterocycles. The second-order valence-corrected chi connectivity index (χ2v) is 6.24. The van der Waals surface area contributed by atoms with Gasteiger partial charge < -0.3 is 10.5 Å². The fourth-order valence-corrected chi connectivity index (χ4v) is 3.34. The molecule has 0 aliphatic heterocycles. The van der Waals surface area contributed by atoms with Gasteiger partial charge in [-0.2, -0.15) is 17.9 Å². The molecule has 1 aliphatic rings. The van der Waals surface area contributed by atoms with Crippen molar-refractivity contribution < 1.29 is 26.3 Å². The van der Waals surface area contributed by atoms with E-state index in [1.807, 2.05) is 0 Å². The zero-order valence-electron chi connectivity index (χ0n) is 10.5. The van der Waals surface area contributed by atoms with Crippen molar-refractivity contribution in [3.8, 4) is 5.75 Å². The molecule has 0 radical (unpaired) electrons. The first-order chi connectivity index (χ1) is 9.11. The molecule has 0 bridgehead atoms. The normalized spacial score (nSPS) is 17.8. The van der Waals surface area contributed by atoms with Gasteiger partial charge in [0.15, 0.2) is 0 Å². The molecule has 1 saturated carbocycles. The molecule has 20 heavy (non-hydrogen) atoms. The van der Waals surface area contributed by atoms with Crippen LogP contribution in [0.3, 0.4) is 0 Å². The average molecular weight is 310 g/mol. The number of methoxy groups -OCH3 is 1. The van der Waals surface area contributed by atoms with Crippen LogP contribution in [-0.2, 0) is 10.0 Å². The summed E-state index contributed by atoms with van der Waals surface area (Å²) in [4.78, 5) is -0.395. The zero-order chi connectivity index (χ0) is 15.2. The summed E-state index contributed by atoms with van der Waals surface area (Å²) in [5.41, 5.74) is 3.02. The van der Waals surface area contributed by atoms with Gasteiger partial charge in [-0.15, -0.1) is 0 Å². The Hall–Kier alpha value is -1.48. The fraction of sp³-hybridized carbons (Fsp3) is 0.455. The van der Waals surface area contributed by atoms with Crippen LogP contribution in [0.1, 0.15) is 12.8 Å². The van der Waals surface area contributed by atoms with Crippen molar-refractivity contribution >= 4 is 15.7 Å². The summed E-state index contributed by atoms with van der Waals surface area (Å²) < 4.78 is 69.0. The number of sulfonamides is 1. The molecule has 0 unspecified atom stereocenters. The van der Waals surface area contributed by atoms with Gasteiger partial charge in [0.1, 0.15) is 16.2 Å². The first kappa shape index (κ1) is 14.9. The molecule has 1 aromatic carbocycles. The Bertz CT molecular complexity index is 624. The predicted molar refractivity (Wildman–Crippen MR) is 65.7 cm³/mol. The van der Waals surface area contributed by atoms with Crippen molar-refractivity contribution in [3.63, 3.8) is 0 Å². The van der Waals surface area contributed by atoms with Crippen LogP contribution in [0.4, 0.5) is 18.9 Å². The maximum Gasteiger partial charge on any atom is 0.407 e. The lowest BCUT2D eigenvalue weighted by atomic mass is 10.3. The van der Waals surface area contributed by atoms with Crippen molar-refractivity contribution in [2.45, 2.75) is 29.5 Å². The lowest BCUT2D eigenvalue weighted by molar-refractivity contribution is -0.160. The number of rotatable bonds is 4. The molecule has 1 aromatic rings. The summed E-state index contributed by atoms with van der Waals surface area (Å²) in [6.07, 6.45) is -5.17. The number of nitrogens with one attached hydrogen (secondary N) is 1. The van der Waals surface area contributed by atoms with Gasteiger partial charge in [0, 0.05) is 6.07 Å².